The van der Waals surface area contributed by atoms with Crippen molar-refractivity contribution < 1.29 is 22.7 Å². The lowest BCUT2D eigenvalue weighted by Gasteiger charge is -2.37. The standard InChI is InChI=1S/C30H36N4O5S/c1-3-4-7-22-10-12-23(13-11-22)32-40(36,37)24-20-25(29-26(21-24)31-14-19-39-29)30(35)34-17-15-33(16-18-34)27-8-5-6-9-28(27)38-2/h5-6,8-13,20-21,31-32H,3-4,7,14-19H2,1-2H3. The number of benzene rings is 3. The molecule has 2 heterocycles. The second-order valence-electron chi connectivity index (χ2n) is 9.98. The van der Waals surface area contributed by atoms with Crippen molar-refractivity contribution in [2.45, 2.75) is 31.1 Å². The first-order valence-electron chi connectivity index (χ1n) is 13.7. The number of hydrogen-bond donors (Lipinski definition) is 2. The number of methoxy groups -OCH3 is 1. The van der Waals surface area contributed by atoms with Crippen molar-refractivity contribution in [1.82, 2.24) is 4.90 Å². The minimum Gasteiger partial charge on any atom is -0.495 e. The van der Waals surface area contributed by atoms with E-state index < -0.39 is 10.0 Å². The van der Waals surface area contributed by atoms with E-state index in [9.17, 15) is 13.2 Å². The van der Waals surface area contributed by atoms with Gasteiger partial charge in [-0.15, -0.1) is 0 Å². The molecule has 1 saturated heterocycles. The number of piperazine rings is 1. The van der Waals surface area contributed by atoms with Gasteiger partial charge in [-0.25, -0.2) is 8.42 Å². The van der Waals surface area contributed by atoms with Crippen LogP contribution in [0.25, 0.3) is 0 Å². The van der Waals surface area contributed by atoms with E-state index in [0.29, 0.717) is 56.5 Å². The van der Waals surface area contributed by atoms with Gasteiger partial charge in [0.25, 0.3) is 15.9 Å². The third-order valence-corrected chi connectivity index (χ3v) is 8.65. The average Bonchev–Trinajstić information content (AvgIpc) is 2.99. The number of sulfonamides is 1. The van der Waals surface area contributed by atoms with Gasteiger partial charge >= 0.3 is 0 Å². The molecule has 0 atom stereocenters. The summed E-state index contributed by atoms with van der Waals surface area (Å²) in [6.45, 7) is 5.28. The van der Waals surface area contributed by atoms with Crippen LogP contribution >= 0.6 is 0 Å². The van der Waals surface area contributed by atoms with Crippen LogP contribution in [0.1, 0.15) is 35.7 Å². The largest absolute Gasteiger partial charge is 0.495 e. The van der Waals surface area contributed by atoms with Gasteiger partial charge in [-0.1, -0.05) is 37.6 Å². The zero-order chi connectivity index (χ0) is 28.1. The first-order valence-corrected chi connectivity index (χ1v) is 15.2. The van der Waals surface area contributed by atoms with E-state index in [1.807, 2.05) is 36.4 Å². The van der Waals surface area contributed by atoms with Crippen LogP contribution in [0.4, 0.5) is 17.1 Å². The van der Waals surface area contributed by atoms with Crippen LogP contribution in [0.15, 0.2) is 65.6 Å². The third kappa shape index (κ3) is 5.96. The highest BCUT2D eigenvalue weighted by molar-refractivity contribution is 7.92. The van der Waals surface area contributed by atoms with Crippen molar-refractivity contribution in [2.75, 3.05) is 61.4 Å². The maximum atomic E-state index is 13.8. The molecule has 1 fully saturated rings. The molecule has 1 amide bonds. The Morgan fingerprint density at radius 3 is 2.52 bits per heavy atom. The van der Waals surface area contributed by atoms with Gasteiger partial charge in [0.2, 0.25) is 0 Å². The predicted molar refractivity (Wildman–Crippen MR) is 157 cm³/mol. The van der Waals surface area contributed by atoms with E-state index in [0.717, 1.165) is 30.7 Å². The molecule has 0 radical (unpaired) electrons. The van der Waals surface area contributed by atoms with Crippen LogP contribution in [0.2, 0.25) is 0 Å². The number of para-hydroxylation sites is 2. The Morgan fingerprint density at radius 2 is 1.80 bits per heavy atom. The van der Waals surface area contributed by atoms with Crippen LogP contribution in [-0.2, 0) is 16.4 Å². The fourth-order valence-corrected chi connectivity index (χ4v) is 6.20. The fraction of sp³-hybridized carbons (Fsp3) is 0.367. The molecule has 3 aromatic carbocycles. The van der Waals surface area contributed by atoms with E-state index in [1.54, 1.807) is 24.1 Å². The summed E-state index contributed by atoms with van der Waals surface area (Å²) in [4.78, 5) is 17.7. The molecule has 2 N–H and O–H groups in total. The van der Waals surface area contributed by atoms with Crippen molar-refractivity contribution >= 4 is 33.0 Å². The van der Waals surface area contributed by atoms with E-state index in [1.165, 1.54) is 17.7 Å². The van der Waals surface area contributed by atoms with E-state index in [4.69, 9.17) is 9.47 Å². The van der Waals surface area contributed by atoms with Gasteiger partial charge in [0.05, 0.1) is 28.9 Å². The molecule has 0 unspecified atom stereocenters. The summed E-state index contributed by atoms with van der Waals surface area (Å²) in [6, 6.07) is 18.2. The number of carbonyl (C=O) groups excluding carboxylic acids is 1. The zero-order valence-electron chi connectivity index (χ0n) is 23.0. The summed E-state index contributed by atoms with van der Waals surface area (Å²) in [6.07, 6.45) is 3.14. The van der Waals surface area contributed by atoms with Gasteiger partial charge in [-0.2, -0.15) is 0 Å². The number of ether oxygens (including phenoxy) is 2. The molecule has 0 saturated carbocycles. The van der Waals surface area contributed by atoms with Crippen molar-refractivity contribution in [2.24, 2.45) is 0 Å². The predicted octanol–water partition coefficient (Wildman–Crippen LogP) is 4.61. The quantitative estimate of drug-likeness (QED) is 0.392. The Kier molecular flexibility index (Phi) is 8.35. The molecule has 0 spiro atoms. The lowest BCUT2D eigenvalue weighted by atomic mass is 10.1. The monoisotopic (exact) mass is 564 g/mol. The molecule has 2 aliphatic heterocycles. The second kappa shape index (κ2) is 12.1. The van der Waals surface area contributed by atoms with Crippen LogP contribution in [-0.4, -0.2) is 65.7 Å². The first-order chi connectivity index (χ1) is 19.4. The number of aryl methyl sites for hydroxylation is 1. The lowest BCUT2D eigenvalue weighted by molar-refractivity contribution is 0.0742. The molecule has 9 nitrogen and oxygen atoms in total. The summed E-state index contributed by atoms with van der Waals surface area (Å²) in [5.41, 5.74) is 3.37. The molecule has 0 bridgehead atoms. The third-order valence-electron chi connectivity index (χ3n) is 7.28. The molecule has 3 aromatic rings. The Morgan fingerprint density at radius 1 is 1.05 bits per heavy atom. The highest BCUT2D eigenvalue weighted by atomic mass is 32.2. The number of hydrogen-bond acceptors (Lipinski definition) is 7. The van der Waals surface area contributed by atoms with E-state index in [2.05, 4.69) is 21.9 Å². The number of rotatable bonds is 9. The van der Waals surface area contributed by atoms with Gasteiger partial charge in [0, 0.05) is 38.4 Å². The molecule has 0 aromatic heterocycles. The van der Waals surface area contributed by atoms with Crippen molar-refractivity contribution in [3.05, 3.63) is 71.8 Å². The Balaban J connectivity index is 1.36. The van der Waals surface area contributed by atoms with Crippen LogP contribution in [0.3, 0.4) is 0 Å². The van der Waals surface area contributed by atoms with Gasteiger partial charge in [-0.3, -0.25) is 9.52 Å². The molecule has 40 heavy (non-hydrogen) atoms. The van der Waals surface area contributed by atoms with Crippen LogP contribution in [0.5, 0.6) is 11.5 Å². The molecular weight excluding hydrogens is 528 g/mol. The highest BCUT2D eigenvalue weighted by Crippen LogP contribution is 2.36. The molecule has 10 heteroatoms. The molecule has 0 aliphatic carbocycles. The van der Waals surface area contributed by atoms with Gasteiger partial charge in [-0.05, 0) is 54.8 Å². The molecule has 5 rings (SSSR count). The Hall–Kier alpha value is -3.92. The number of carbonyl (C=O) groups is 1. The molecule has 2 aliphatic rings. The van der Waals surface area contributed by atoms with Crippen molar-refractivity contribution in [1.29, 1.82) is 0 Å². The second-order valence-corrected chi connectivity index (χ2v) is 11.7. The highest BCUT2D eigenvalue weighted by Gasteiger charge is 2.30. The van der Waals surface area contributed by atoms with Crippen LogP contribution in [0, 0.1) is 0 Å². The number of unbranched alkanes of at least 4 members (excludes halogenated alkanes) is 1. The summed E-state index contributed by atoms with van der Waals surface area (Å²) < 4.78 is 40.9. The van der Waals surface area contributed by atoms with Gasteiger partial charge in [0.1, 0.15) is 12.4 Å². The SMILES string of the molecule is CCCCc1ccc(NS(=O)(=O)c2cc3c(c(C(=O)N4CCN(c5ccccc5OC)CC4)c2)OCCN3)cc1. The number of nitrogens with one attached hydrogen (secondary N) is 2. The number of anilines is 3. The number of fused-ring (bicyclic) bond motifs is 1. The minimum atomic E-state index is -3.95. The maximum absolute atomic E-state index is 13.8. The van der Waals surface area contributed by atoms with Crippen molar-refractivity contribution in [3.8, 4) is 11.5 Å². The minimum absolute atomic E-state index is 0.00955. The van der Waals surface area contributed by atoms with Crippen molar-refractivity contribution in [3.63, 3.8) is 0 Å². The normalized spacial score (nSPS) is 15.1. The van der Waals surface area contributed by atoms with Crippen LogP contribution < -0.4 is 24.4 Å². The first kappa shape index (κ1) is 27.6. The Bertz CT molecular complexity index is 1450. The summed E-state index contributed by atoms with van der Waals surface area (Å²) in [5, 5.41) is 3.20. The number of amides is 1. The fourth-order valence-electron chi connectivity index (χ4n) is 5.09. The molecular formula is C30H36N4O5S. The van der Waals surface area contributed by atoms with Gasteiger partial charge < -0.3 is 24.6 Å². The van der Waals surface area contributed by atoms with Gasteiger partial charge in [0.15, 0.2) is 5.75 Å². The maximum Gasteiger partial charge on any atom is 0.261 e. The topological polar surface area (TPSA) is 100 Å². The Labute approximate surface area is 236 Å². The zero-order valence-corrected chi connectivity index (χ0v) is 23.8. The average molecular weight is 565 g/mol. The summed E-state index contributed by atoms with van der Waals surface area (Å²) in [5.74, 6) is 0.927. The smallest absolute Gasteiger partial charge is 0.261 e. The van der Waals surface area contributed by atoms with E-state index in [-0.39, 0.29) is 16.4 Å². The summed E-state index contributed by atoms with van der Waals surface area (Å²) >= 11 is 0. The lowest BCUT2D eigenvalue weighted by Crippen LogP contribution is -2.49. The number of nitrogens with zero attached hydrogens (tertiary/aromatic N) is 2. The molecule has 212 valence electrons. The summed E-state index contributed by atoms with van der Waals surface area (Å²) in [7, 11) is -2.31. The van der Waals surface area contributed by atoms with E-state index >= 15 is 0 Å².